The summed E-state index contributed by atoms with van der Waals surface area (Å²) >= 11 is 0. The summed E-state index contributed by atoms with van der Waals surface area (Å²) in [6.07, 6.45) is 13.5. The minimum Gasteiger partial charge on any atom is -0.508 e. The molecule has 0 radical (unpaired) electrons. The van der Waals surface area contributed by atoms with Gasteiger partial charge in [-0.2, -0.15) is 0 Å². The van der Waals surface area contributed by atoms with E-state index in [0.29, 0.717) is 36.4 Å². The summed E-state index contributed by atoms with van der Waals surface area (Å²) in [5, 5.41) is 40.0. The normalized spacial score (nSPS) is 40.7. The Kier molecular flexibility index (Phi) is 5.78. The van der Waals surface area contributed by atoms with Gasteiger partial charge in [0.1, 0.15) is 11.6 Å². The maximum atomic E-state index is 14.4. The number of rotatable bonds is 7. The van der Waals surface area contributed by atoms with Crippen molar-refractivity contribution in [1.82, 2.24) is 10.6 Å². The molecule has 2 atom stereocenters. The first-order valence-electron chi connectivity index (χ1n) is 15.8. The van der Waals surface area contributed by atoms with E-state index in [1.807, 2.05) is 0 Å². The van der Waals surface area contributed by atoms with Gasteiger partial charge in [0.25, 0.3) is 0 Å². The average Bonchev–Trinajstić information content (AvgIpc) is 2.90. The zero-order valence-corrected chi connectivity index (χ0v) is 23.3. The molecule has 0 spiro atoms. The third-order valence-corrected chi connectivity index (χ3v) is 12.3. The van der Waals surface area contributed by atoms with Gasteiger partial charge in [-0.3, -0.25) is 0 Å². The Morgan fingerprint density at radius 3 is 1.82 bits per heavy atom. The maximum Gasteiger partial charge on any atom is 0.162 e. The number of hydrogen-bond donors (Lipinski definition) is 5. The van der Waals surface area contributed by atoms with Crippen LogP contribution in [0.5, 0.6) is 17.2 Å². The van der Waals surface area contributed by atoms with Crippen LogP contribution in [0.15, 0.2) is 30.3 Å². The van der Waals surface area contributed by atoms with Crippen LogP contribution in [0.25, 0.3) is 0 Å². The quantitative estimate of drug-likeness (QED) is 0.258. The van der Waals surface area contributed by atoms with Crippen LogP contribution in [-0.4, -0.2) is 26.4 Å². The molecule has 8 aliphatic carbocycles. The van der Waals surface area contributed by atoms with Crippen LogP contribution in [0.3, 0.4) is 0 Å². The summed E-state index contributed by atoms with van der Waals surface area (Å²) in [6, 6.07) is 8.40. The highest BCUT2D eigenvalue weighted by atomic mass is 19.1. The third kappa shape index (κ3) is 4.15. The van der Waals surface area contributed by atoms with Crippen molar-refractivity contribution in [2.75, 3.05) is 0 Å². The van der Waals surface area contributed by atoms with E-state index in [9.17, 15) is 19.7 Å². The Balaban J connectivity index is 0.981. The number of aromatic hydroxyl groups is 3. The Morgan fingerprint density at radius 2 is 1.20 bits per heavy atom. The molecule has 0 amide bonds. The van der Waals surface area contributed by atoms with E-state index in [1.54, 1.807) is 0 Å². The predicted octanol–water partition coefficient (Wildman–Crippen LogP) is 6.45. The molecular weight excluding hydrogens is 503 g/mol. The summed E-state index contributed by atoms with van der Waals surface area (Å²) in [4.78, 5) is 0. The van der Waals surface area contributed by atoms with Gasteiger partial charge in [-0.15, -0.1) is 0 Å². The van der Waals surface area contributed by atoms with Crippen LogP contribution in [0, 0.1) is 41.3 Å². The van der Waals surface area contributed by atoms with Gasteiger partial charge in [-0.25, -0.2) is 4.39 Å². The summed E-state index contributed by atoms with van der Waals surface area (Å²) in [7, 11) is 0. The highest BCUT2D eigenvalue weighted by Gasteiger charge is 2.56. The standard InChI is InChI=1S/C34H43FN2O3/c35-29-4-2-27(38)10-26(29)18-37-34-14-22-8-24(15-34)30(25(9-22)16-34)28-3-1-23(31(39)32(28)40)17-36-33-11-19-5-20(12-33)7-21(6-19)13-33/h1-4,10,19-22,24-25,30,36-40H,5-9,11-18H2. The number of phenols is 3. The first-order chi connectivity index (χ1) is 19.3. The molecule has 10 rings (SSSR count). The van der Waals surface area contributed by atoms with Crippen molar-refractivity contribution in [2.45, 2.75) is 101 Å². The summed E-state index contributed by atoms with van der Waals surface area (Å²) < 4.78 is 14.4. The Bertz CT molecular complexity index is 1280. The average molecular weight is 547 g/mol. The van der Waals surface area contributed by atoms with Crippen LogP contribution in [-0.2, 0) is 13.1 Å². The second-order valence-electron chi connectivity index (χ2n) is 15.0. The monoisotopic (exact) mass is 546 g/mol. The lowest BCUT2D eigenvalue weighted by Gasteiger charge is -2.60. The topological polar surface area (TPSA) is 84.8 Å². The molecule has 8 saturated carbocycles. The highest BCUT2D eigenvalue weighted by molar-refractivity contribution is 5.52. The van der Waals surface area contributed by atoms with E-state index < -0.39 is 0 Å². The second-order valence-corrected chi connectivity index (χ2v) is 15.0. The van der Waals surface area contributed by atoms with Crippen molar-refractivity contribution in [3.63, 3.8) is 0 Å². The lowest BCUT2D eigenvalue weighted by molar-refractivity contribution is -0.0397. The summed E-state index contributed by atoms with van der Waals surface area (Å²) in [5.41, 5.74) is 2.43. The van der Waals surface area contributed by atoms with E-state index in [4.69, 9.17) is 0 Å². The van der Waals surface area contributed by atoms with Crippen LogP contribution >= 0.6 is 0 Å². The van der Waals surface area contributed by atoms with Crippen molar-refractivity contribution < 1.29 is 19.7 Å². The van der Waals surface area contributed by atoms with Gasteiger partial charge >= 0.3 is 0 Å². The fourth-order valence-corrected chi connectivity index (χ4v) is 11.4. The van der Waals surface area contributed by atoms with Gasteiger partial charge in [0.2, 0.25) is 0 Å². The Labute approximate surface area is 236 Å². The largest absolute Gasteiger partial charge is 0.508 e. The van der Waals surface area contributed by atoms with Crippen molar-refractivity contribution in [3.8, 4) is 17.2 Å². The fraction of sp³-hybridized carbons (Fsp3) is 0.647. The molecule has 0 heterocycles. The smallest absolute Gasteiger partial charge is 0.162 e. The molecule has 0 aliphatic heterocycles. The molecule has 2 aromatic carbocycles. The van der Waals surface area contributed by atoms with Crippen molar-refractivity contribution >= 4 is 0 Å². The van der Waals surface area contributed by atoms with Crippen LogP contribution in [0.4, 0.5) is 4.39 Å². The number of phenolic OH excluding ortho intramolecular Hbond substituents is 3. The Morgan fingerprint density at radius 1 is 0.650 bits per heavy atom. The van der Waals surface area contributed by atoms with E-state index in [1.165, 1.54) is 56.7 Å². The van der Waals surface area contributed by atoms with Crippen molar-refractivity contribution in [2.24, 2.45) is 35.5 Å². The predicted molar refractivity (Wildman–Crippen MR) is 151 cm³/mol. The Hall–Kier alpha value is -2.31. The minimum absolute atomic E-state index is 0.0235. The van der Waals surface area contributed by atoms with Gasteiger partial charge in [-0.05, 0) is 130 Å². The molecule has 5 N–H and O–H groups in total. The van der Waals surface area contributed by atoms with E-state index in [0.717, 1.165) is 61.0 Å². The third-order valence-electron chi connectivity index (χ3n) is 12.3. The fourth-order valence-electron chi connectivity index (χ4n) is 11.4. The van der Waals surface area contributed by atoms with Crippen molar-refractivity contribution in [3.05, 3.63) is 52.8 Å². The molecule has 8 bridgehead atoms. The minimum atomic E-state index is -0.286. The van der Waals surface area contributed by atoms with Crippen LogP contribution in [0.1, 0.15) is 93.2 Å². The second kappa shape index (κ2) is 9.09. The van der Waals surface area contributed by atoms with Gasteiger partial charge < -0.3 is 26.0 Å². The zero-order valence-electron chi connectivity index (χ0n) is 23.3. The molecule has 2 aromatic rings. The molecular formula is C34H43FN2O3. The van der Waals surface area contributed by atoms with Crippen LogP contribution < -0.4 is 10.6 Å². The zero-order chi connectivity index (χ0) is 27.2. The maximum absolute atomic E-state index is 14.4. The van der Waals surface area contributed by atoms with Gasteiger partial charge in [-0.1, -0.05) is 12.1 Å². The first-order valence-corrected chi connectivity index (χ1v) is 15.8. The summed E-state index contributed by atoms with van der Waals surface area (Å²) in [6.45, 7) is 1.03. The lowest BCUT2D eigenvalue weighted by Crippen LogP contribution is -2.60. The molecule has 8 fully saturated rings. The first kappa shape index (κ1) is 25.4. The van der Waals surface area contributed by atoms with E-state index in [-0.39, 0.29) is 40.1 Å². The van der Waals surface area contributed by atoms with Crippen molar-refractivity contribution in [1.29, 1.82) is 0 Å². The van der Waals surface area contributed by atoms with Gasteiger partial charge in [0.05, 0.1) is 0 Å². The summed E-state index contributed by atoms with van der Waals surface area (Å²) in [5.74, 6) is 4.35. The van der Waals surface area contributed by atoms with Gasteiger partial charge in [0.15, 0.2) is 11.5 Å². The molecule has 5 nitrogen and oxygen atoms in total. The number of nitrogens with one attached hydrogen (secondary N) is 2. The lowest BCUT2D eigenvalue weighted by atomic mass is 9.48. The molecule has 8 aliphatic rings. The molecule has 40 heavy (non-hydrogen) atoms. The molecule has 214 valence electrons. The molecule has 6 heteroatoms. The number of hydrogen-bond acceptors (Lipinski definition) is 5. The van der Waals surface area contributed by atoms with Crippen LogP contribution in [0.2, 0.25) is 0 Å². The van der Waals surface area contributed by atoms with Gasteiger partial charge in [0, 0.05) is 40.9 Å². The number of benzene rings is 2. The van der Waals surface area contributed by atoms with E-state index in [2.05, 4.69) is 22.8 Å². The van der Waals surface area contributed by atoms with E-state index >= 15 is 0 Å². The highest BCUT2D eigenvalue weighted by Crippen LogP contribution is 2.63. The molecule has 2 unspecified atom stereocenters. The molecule has 0 saturated heterocycles. The number of halogens is 1. The molecule has 0 aromatic heterocycles. The SMILES string of the molecule is Oc1ccc(F)c(CNC23CC4CC(C2)C(c2ccc(CNC56CC7CC(CC(C7)C5)C6)c(O)c2O)C(C4)C3)c1.